The first kappa shape index (κ1) is 13.6. The van der Waals surface area contributed by atoms with Gasteiger partial charge in [-0.05, 0) is 54.6 Å². The number of nitriles is 1. The molecule has 1 atom stereocenters. The van der Waals surface area contributed by atoms with E-state index in [1.807, 2.05) is 0 Å². The van der Waals surface area contributed by atoms with Crippen molar-refractivity contribution in [2.24, 2.45) is 0 Å². The minimum atomic E-state index is 0.567. The predicted molar refractivity (Wildman–Crippen MR) is 74.6 cm³/mol. The van der Waals surface area contributed by atoms with Gasteiger partial charge in [0, 0.05) is 10.2 Å². The Kier molecular flexibility index (Phi) is 5.94. The molecule has 0 bridgehead atoms. The zero-order valence-electron chi connectivity index (χ0n) is 9.66. The van der Waals surface area contributed by atoms with Crippen molar-refractivity contribution in [2.75, 3.05) is 5.75 Å². The van der Waals surface area contributed by atoms with E-state index in [1.165, 1.54) is 27.4 Å². The second kappa shape index (κ2) is 6.98. The van der Waals surface area contributed by atoms with Crippen molar-refractivity contribution >= 4 is 27.7 Å². The van der Waals surface area contributed by atoms with Crippen LogP contribution in [0.15, 0.2) is 22.7 Å². The van der Waals surface area contributed by atoms with Gasteiger partial charge in [0.1, 0.15) is 5.40 Å². The van der Waals surface area contributed by atoms with E-state index < -0.39 is 0 Å². The summed E-state index contributed by atoms with van der Waals surface area (Å²) in [7, 11) is 0. The Morgan fingerprint density at radius 3 is 2.81 bits per heavy atom. The van der Waals surface area contributed by atoms with E-state index in [0.29, 0.717) is 5.92 Å². The second-order valence-electron chi connectivity index (χ2n) is 3.84. The molecule has 0 aliphatic heterocycles. The third-order valence-electron chi connectivity index (χ3n) is 2.79. The zero-order valence-corrected chi connectivity index (χ0v) is 12.1. The van der Waals surface area contributed by atoms with Crippen LogP contribution in [0.3, 0.4) is 0 Å². The summed E-state index contributed by atoms with van der Waals surface area (Å²) in [6.07, 6.45) is 2.20. The highest BCUT2D eigenvalue weighted by molar-refractivity contribution is 9.10. The summed E-state index contributed by atoms with van der Waals surface area (Å²) in [5.41, 5.74) is 2.64. The molecule has 0 amide bonds. The fraction of sp³-hybridized carbons (Fsp3) is 0.462. The van der Waals surface area contributed by atoms with Crippen LogP contribution in [0.4, 0.5) is 0 Å². The molecule has 0 fully saturated rings. The summed E-state index contributed by atoms with van der Waals surface area (Å²) in [5, 5.41) is 10.6. The molecule has 0 saturated heterocycles. The van der Waals surface area contributed by atoms with Crippen LogP contribution in [0, 0.1) is 17.6 Å². The van der Waals surface area contributed by atoms with E-state index in [0.717, 1.165) is 18.6 Å². The van der Waals surface area contributed by atoms with Crippen LogP contribution in [0.25, 0.3) is 0 Å². The van der Waals surface area contributed by atoms with Gasteiger partial charge in [-0.2, -0.15) is 5.26 Å². The Labute approximate surface area is 110 Å². The lowest BCUT2D eigenvalue weighted by Gasteiger charge is -2.15. The van der Waals surface area contributed by atoms with Gasteiger partial charge in [-0.3, -0.25) is 0 Å². The van der Waals surface area contributed by atoms with Crippen molar-refractivity contribution in [3.8, 4) is 5.40 Å². The summed E-state index contributed by atoms with van der Waals surface area (Å²) >= 11 is 4.92. The molecule has 1 rings (SSSR count). The molecule has 0 aliphatic rings. The highest BCUT2D eigenvalue weighted by Gasteiger charge is 2.10. The van der Waals surface area contributed by atoms with Crippen molar-refractivity contribution in [2.45, 2.75) is 32.6 Å². The van der Waals surface area contributed by atoms with Gasteiger partial charge in [0.25, 0.3) is 0 Å². The third kappa shape index (κ3) is 3.84. The largest absolute Gasteiger partial charge is 0.185 e. The average molecular weight is 298 g/mol. The van der Waals surface area contributed by atoms with Gasteiger partial charge in [0.15, 0.2) is 0 Å². The summed E-state index contributed by atoms with van der Waals surface area (Å²) < 4.78 is 1.18. The standard InChI is InChI=1S/C13H16BrNS/c1-3-11(6-7-16-9-15)12-5-4-10(2)13(14)8-12/h4-5,8,11H,3,6-7H2,1-2H3. The number of thioether (sulfide) groups is 1. The quantitative estimate of drug-likeness (QED) is 0.573. The molecule has 86 valence electrons. The third-order valence-corrected chi connectivity index (χ3v) is 4.22. The Morgan fingerprint density at radius 2 is 2.25 bits per heavy atom. The van der Waals surface area contributed by atoms with Crippen molar-refractivity contribution in [3.05, 3.63) is 33.8 Å². The van der Waals surface area contributed by atoms with E-state index in [1.54, 1.807) is 0 Å². The number of thiocyanates is 1. The van der Waals surface area contributed by atoms with Crippen molar-refractivity contribution in [1.82, 2.24) is 0 Å². The van der Waals surface area contributed by atoms with Crippen molar-refractivity contribution in [1.29, 1.82) is 5.26 Å². The number of nitrogens with zero attached hydrogens (tertiary/aromatic N) is 1. The van der Waals surface area contributed by atoms with Gasteiger partial charge < -0.3 is 0 Å². The van der Waals surface area contributed by atoms with E-state index in [4.69, 9.17) is 5.26 Å². The van der Waals surface area contributed by atoms with Crippen molar-refractivity contribution in [3.63, 3.8) is 0 Å². The predicted octanol–water partition coefficient (Wildman–Crippen LogP) is 4.86. The highest BCUT2D eigenvalue weighted by atomic mass is 79.9. The van der Waals surface area contributed by atoms with Crippen LogP contribution in [0.1, 0.15) is 36.8 Å². The minimum Gasteiger partial charge on any atom is -0.185 e. The van der Waals surface area contributed by atoms with E-state index in [9.17, 15) is 0 Å². The van der Waals surface area contributed by atoms with E-state index in [-0.39, 0.29) is 0 Å². The van der Waals surface area contributed by atoms with Crippen LogP contribution in [-0.4, -0.2) is 5.75 Å². The Bertz CT molecular complexity index is 384. The number of rotatable bonds is 5. The van der Waals surface area contributed by atoms with Crippen LogP contribution >= 0.6 is 27.7 Å². The molecule has 0 heterocycles. The molecule has 0 spiro atoms. The van der Waals surface area contributed by atoms with Gasteiger partial charge >= 0.3 is 0 Å². The van der Waals surface area contributed by atoms with Crippen LogP contribution < -0.4 is 0 Å². The molecule has 1 aromatic carbocycles. The van der Waals surface area contributed by atoms with E-state index in [2.05, 4.69) is 53.4 Å². The molecular formula is C13H16BrNS. The SMILES string of the molecule is CCC(CCSC#N)c1ccc(C)c(Br)c1. The monoisotopic (exact) mass is 297 g/mol. The first-order valence-electron chi connectivity index (χ1n) is 5.46. The first-order chi connectivity index (χ1) is 7.69. The zero-order chi connectivity index (χ0) is 12.0. The second-order valence-corrected chi connectivity index (χ2v) is 5.58. The Morgan fingerprint density at radius 1 is 1.50 bits per heavy atom. The van der Waals surface area contributed by atoms with Gasteiger partial charge in [0.2, 0.25) is 0 Å². The average Bonchev–Trinajstić information content (AvgIpc) is 2.29. The van der Waals surface area contributed by atoms with Gasteiger partial charge in [-0.25, -0.2) is 0 Å². The summed E-state index contributed by atoms with van der Waals surface area (Å²) in [4.78, 5) is 0. The van der Waals surface area contributed by atoms with Crippen molar-refractivity contribution < 1.29 is 0 Å². The van der Waals surface area contributed by atoms with Gasteiger partial charge in [0.05, 0.1) is 0 Å². The fourth-order valence-corrected chi connectivity index (χ4v) is 2.61. The molecule has 0 aromatic heterocycles. The molecule has 1 nitrogen and oxygen atoms in total. The minimum absolute atomic E-state index is 0.567. The smallest absolute Gasteiger partial charge is 0.133 e. The van der Waals surface area contributed by atoms with Crippen LogP contribution in [0.2, 0.25) is 0 Å². The van der Waals surface area contributed by atoms with E-state index >= 15 is 0 Å². The van der Waals surface area contributed by atoms with Gasteiger partial charge in [-0.1, -0.05) is 35.0 Å². The molecule has 16 heavy (non-hydrogen) atoms. The highest BCUT2D eigenvalue weighted by Crippen LogP contribution is 2.28. The normalized spacial score (nSPS) is 12.1. The molecule has 0 saturated carbocycles. The Balaban J connectivity index is 2.71. The molecule has 3 heteroatoms. The lowest BCUT2D eigenvalue weighted by Crippen LogP contribution is -1.99. The topological polar surface area (TPSA) is 23.8 Å². The fourth-order valence-electron chi connectivity index (χ4n) is 1.72. The molecule has 0 radical (unpaired) electrons. The maximum absolute atomic E-state index is 8.51. The maximum atomic E-state index is 8.51. The molecule has 1 aromatic rings. The summed E-state index contributed by atoms with van der Waals surface area (Å²) in [6.45, 7) is 4.30. The van der Waals surface area contributed by atoms with Crippen LogP contribution in [0.5, 0.6) is 0 Å². The first-order valence-corrected chi connectivity index (χ1v) is 7.23. The summed E-state index contributed by atoms with van der Waals surface area (Å²) in [5.74, 6) is 1.48. The number of benzene rings is 1. The number of aryl methyl sites for hydroxylation is 1. The maximum Gasteiger partial charge on any atom is 0.133 e. The number of hydrogen-bond donors (Lipinski definition) is 0. The molecule has 1 unspecified atom stereocenters. The van der Waals surface area contributed by atoms with Gasteiger partial charge in [-0.15, -0.1) is 0 Å². The summed E-state index contributed by atoms with van der Waals surface area (Å²) in [6, 6.07) is 6.56. The lowest BCUT2D eigenvalue weighted by molar-refractivity contribution is 0.647. The molecule has 0 aliphatic carbocycles. The number of hydrogen-bond acceptors (Lipinski definition) is 2. The Hall–Kier alpha value is -0.460. The lowest BCUT2D eigenvalue weighted by atomic mass is 9.93. The molecule has 0 N–H and O–H groups in total. The molecular weight excluding hydrogens is 282 g/mol. The number of halogens is 1. The van der Waals surface area contributed by atoms with Crippen LogP contribution in [-0.2, 0) is 0 Å².